The SMILES string of the molecule is CCC(CC)(c1ccc(C(=O)NCC(=O)OC)c(C)c1)C1CC(C)=C(CCC(N=O)C(C)(C)C)S1. The van der Waals surface area contributed by atoms with Crippen LogP contribution in [0.3, 0.4) is 0 Å². The van der Waals surface area contributed by atoms with Gasteiger partial charge in [0.25, 0.3) is 5.91 Å². The summed E-state index contributed by atoms with van der Waals surface area (Å²) in [6, 6.07) is 5.90. The molecule has 2 atom stereocenters. The largest absolute Gasteiger partial charge is 0.468 e. The monoisotopic (exact) mass is 502 g/mol. The number of carbonyl (C=O) groups is 2. The lowest BCUT2D eigenvalue weighted by molar-refractivity contribution is -0.139. The fourth-order valence-electron chi connectivity index (χ4n) is 5.05. The number of nitrogens with one attached hydrogen (secondary N) is 1. The lowest BCUT2D eigenvalue weighted by Gasteiger charge is -2.39. The average Bonchev–Trinajstić information content (AvgIpc) is 3.18. The van der Waals surface area contributed by atoms with Crippen LogP contribution >= 0.6 is 11.8 Å². The molecule has 1 aromatic rings. The molecule has 1 heterocycles. The van der Waals surface area contributed by atoms with Crippen LogP contribution in [0.1, 0.15) is 95.1 Å². The Bertz CT molecular complexity index is 960. The Hall–Kier alpha value is -2.15. The second kappa shape index (κ2) is 12.2. The van der Waals surface area contributed by atoms with Gasteiger partial charge in [-0.15, -0.1) is 11.8 Å². The molecule has 0 fully saturated rings. The van der Waals surface area contributed by atoms with Crippen molar-refractivity contribution in [3.63, 3.8) is 0 Å². The first-order valence-corrected chi connectivity index (χ1v) is 13.4. The van der Waals surface area contributed by atoms with Gasteiger partial charge in [0, 0.05) is 16.2 Å². The first kappa shape index (κ1) is 29.1. The second-order valence-corrected chi connectivity index (χ2v) is 12.0. The molecular formula is C28H42N2O4S. The maximum Gasteiger partial charge on any atom is 0.325 e. The smallest absolute Gasteiger partial charge is 0.325 e. The Morgan fingerprint density at radius 3 is 2.37 bits per heavy atom. The number of nitroso groups, excluding NO2 is 1. The number of hydrogen-bond acceptors (Lipinski definition) is 6. The van der Waals surface area contributed by atoms with Crippen molar-refractivity contribution >= 4 is 23.6 Å². The zero-order chi connectivity index (χ0) is 26.4. The number of ether oxygens (including phenoxy) is 1. The van der Waals surface area contributed by atoms with Crippen molar-refractivity contribution in [3.05, 3.63) is 50.3 Å². The summed E-state index contributed by atoms with van der Waals surface area (Å²) in [5.41, 5.74) is 3.99. The Kier molecular flexibility index (Phi) is 10.1. The predicted octanol–water partition coefficient (Wildman–Crippen LogP) is 6.70. The maximum absolute atomic E-state index is 12.6. The molecule has 0 bridgehead atoms. The molecule has 0 saturated carbocycles. The van der Waals surface area contributed by atoms with Crippen LogP contribution in [0.5, 0.6) is 0 Å². The van der Waals surface area contributed by atoms with E-state index in [9.17, 15) is 14.5 Å². The molecule has 0 spiro atoms. The Morgan fingerprint density at radius 2 is 1.86 bits per heavy atom. The van der Waals surface area contributed by atoms with Crippen molar-refractivity contribution in [3.8, 4) is 0 Å². The van der Waals surface area contributed by atoms with Gasteiger partial charge in [0.2, 0.25) is 0 Å². The number of esters is 1. The van der Waals surface area contributed by atoms with Crippen LogP contribution in [0.4, 0.5) is 0 Å². The van der Waals surface area contributed by atoms with Gasteiger partial charge in [-0.2, -0.15) is 4.91 Å². The zero-order valence-electron chi connectivity index (χ0n) is 22.6. The van der Waals surface area contributed by atoms with Crippen molar-refractivity contribution < 1.29 is 14.3 Å². The van der Waals surface area contributed by atoms with Gasteiger partial charge < -0.3 is 10.1 Å². The summed E-state index contributed by atoms with van der Waals surface area (Å²) in [7, 11) is 1.30. The highest BCUT2D eigenvalue weighted by Crippen LogP contribution is 2.52. The van der Waals surface area contributed by atoms with Crippen LogP contribution < -0.4 is 5.32 Å². The molecule has 35 heavy (non-hydrogen) atoms. The van der Waals surface area contributed by atoms with E-state index in [1.807, 2.05) is 24.8 Å². The van der Waals surface area contributed by atoms with Crippen molar-refractivity contribution in [2.75, 3.05) is 13.7 Å². The van der Waals surface area contributed by atoms with E-state index in [2.05, 4.69) is 68.9 Å². The highest BCUT2D eigenvalue weighted by Gasteiger charge is 2.42. The molecule has 1 aliphatic heterocycles. The molecule has 1 aliphatic rings. The number of amides is 1. The molecule has 0 aliphatic carbocycles. The Balaban J connectivity index is 2.22. The van der Waals surface area contributed by atoms with Crippen LogP contribution in [-0.2, 0) is 14.9 Å². The lowest BCUT2D eigenvalue weighted by atomic mass is 9.71. The highest BCUT2D eigenvalue weighted by molar-refractivity contribution is 8.04. The van der Waals surface area contributed by atoms with E-state index in [1.165, 1.54) is 23.2 Å². The van der Waals surface area contributed by atoms with Crippen molar-refractivity contribution in [2.24, 2.45) is 10.6 Å². The molecule has 1 aromatic carbocycles. The highest BCUT2D eigenvalue weighted by atomic mass is 32.2. The topological polar surface area (TPSA) is 84.8 Å². The number of carbonyl (C=O) groups excluding carboxylic acids is 2. The summed E-state index contributed by atoms with van der Waals surface area (Å²) < 4.78 is 4.61. The van der Waals surface area contributed by atoms with Gasteiger partial charge in [-0.25, -0.2) is 0 Å². The third-order valence-corrected chi connectivity index (χ3v) is 9.31. The third-order valence-electron chi connectivity index (χ3n) is 7.57. The summed E-state index contributed by atoms with van der Waals surface area (Å²) in [5, 5.41) is 6.45. The summed E-state index contributed by atoms with van der Waals surface area (Å²) in [6.07, 6.45) is 4.68. The lowest BCUT2D eigenvalue weighted by Crippen LogP contribution is -2.36. The Morgan fingerprint density at radius 1 is 1.20 bits per heavy atom. The summed E-state index contributed by atoms with van der Waals surface area (Å²) in [5.74, 6) is -0.747. The van der Waals surface area contributed by atoms with E-state index in [0.717, 1.165) is 37.7 Å². The molecule has 0 radical (unpaired) electrons. The van der Waals surface area contributed by atoms with Crippen LogP contribution in [0.2, 0.25) is 0 Å². The summed E-state index contributed by atoms with van der Waals surface area (Å²) >= 11 is 1.97. The van der Waals surface area contributed by atoms with Crippen LogP contribution in [0, 0.1) is 17.2 Å². The predicted molar refractivity (Wildman–Crippen MR) is 145 cm³/mol. The number of benzene rings is 1. The molecule has 7 heteroatoms. The maximum atomic E-state index is 12.6. The number of allylic oxidation sites excluding steroid dienone is 2. The van der Waals surface area contributed by atoms with Crippen molar-refractivity contribution in [2.45, 2.75) is 97.3 Å². The molecule has 1 amide bonds. The van der Waals surface area contributed by atoms with Gasteiger partial charge in [0.1, 0.15) is 6.54 Å². The van der Waals surface area contributed by atoms with E-state index in [-0.39, 0.29) is 29.3 Å². The number of nitrogens with zero attached hydrogens (tertiary/aromatic N) is 1. The van der Waals surface area contributed by atoms with E-state index in [1.54, 1.807) is 0 Å². The standard InChI is InChI=1S/C28H42N2O4S/c1-9-28(10-2,20-11-12-21(18(3)15-20)26(32)29-17-25(31)34-8)24-16-19(4)22(35-24)13-14-23(30-33)27(5,6)7/h11-12,15,23-24H,9-10,13-14,16-17H2,1-8H3,(H,29,32). The third kappa shape index (κ3) is 6.75. The van der Waals surface area contributed by atoms with Gasteiger partial charge >= 0.3 is 5.97 Å². The van der Waals surface area contributed by atoms with E-state index in [0.29, 0.717) is 10.8 Å². The second-order valence-electron chi connectivity index (χ2n) is 10.7. The van der Waals surface area contributed by atoms with Gasteiger partial charge in [-0.05, 0) is 73.5 Å². The van der Waals surface area contributed by atoms with E-state index < -0.39 is 5.97 Å². The molecule has 0 aromatic heterocycles. The molecule has 6 nitrogen and oxygen atoms in total. The fourth-order valence-corrected chi connectivity index (χ4v) is 6.94. The summed E-state index contributed by atoms with van der Waals surface area (Å²) in [4.78, 5) is 36.8. The minimum atomic E-state index is -0.474. The molecule has 0 saturated heterocycles. The minimum Gasteiger partial charge on any atom is -0.468 e. The minimum absolute atomic E-state index is 0.0220. The average molecular weight is 503 g/mol. The van der Waals surface area contributed by atoms with Crippen molar-refractivity contribution in [1.82, 2.24) is 5.32 Å². The normalized spacial score (nSPS) is 17.3. The molecular weight excluding hydrogens is 460 g/mol. The molecule has 1 N–H and O–H groups in total. The molecule has 194 valence electrons. The van der Waals surface area contributed by atoms with Crippen LogP contribution in [0.15, 0.2) is 33.9 Å². The van der Waals surface area contributed by atoms with Gasteiger partial charge in [-0.1, -0.05) is 57.5 Å². The molecule has 2 unspecified atom stereocenters. The van der Waals surface area contributed by atoms with Crippen molar-refractivity contribution in [1.29, 1.82) is 0 Å². The number of aryl methyl sites for hydroxylation is 1. The number of methoxy groups -OCH3 is 1. The first-order valence-electron chi connectivity index (χ1n) is 12.6. The van der Waals surface area contributed by atoms with Gasteiger partial charge in [-0.3, -0.25) is 9.59 Å². The van der Waals surface area contributed by atoms with E-state index >= 15 is 0 Å². The zero-order valence-corrected chi connectivity index (χ0v) is 23.4. The summed E-state index contributed by atoms with van der Waals surface area (Å²) in [6.45, 7) is 14.7. The van der Waals surface area contributed by atoms with Gasteiger partial charge in [0.05, 0.1) is 13.2 Å². The number of thioether (sulfide) groups is 1. The molecule has 2 rings (SSSR count). The van der Waals surface area contributed by atoms with E-state index in [4.69, 9.17) is 0 Å². The number of rotatable bonds is 11. The van der Waals surface area contributed by atoms with Crippen LogP contribution in [-0.4, -0.2) is 36.8 Å². The quantitative estimate of drug-likeness (QED) is 0.269. The Labute approximate surface area is 215 Å². The number of hydrogen-bond donors (Lipinski definition) is 1. The van der Waals surface area contributed by atoms with Gasteiger partial charge in [0.15, 0.2) is 0 Å². The fraction of sp³-hybridized carbons (Fsp3) is 0.643. The first-order chi connectivity index (χ1) is 16.4. The van der Waals surface area contributed by atoms with Crippen LogP contribution in [0.25, 0.3) is 0 Å².